The number of thiophene rings is 4. The van der Waals surface area contributed by atoms with E-state index in [1.54, 1.807) is 36.9 Å². The van der Waals surface area contributed by atoms with Crippen molar-refractivity contribution in [1.82, 2.24) is 8.75 Å². The molecule has 0 unspecified atom stereocenters. The number of benzene rings is 9. The molecular weight excluding hydrogens is 1640 g/mol. The number of hydrogen-bond donors (Lipinski definition) is 1. The van der Waals surface area contributed by atoms with E-state index in [1.165, 1.54) is 155 Å². The van der Waals surface area contributed by atoms with Crippen molar-refractivity contribution in [2.24, 2.45) is 8.73 Å². The maximum atomic E-state index is 4.64. The van der Waals surface area contributed by atoms with Gasteiger partial charge in [-0.25, -0.2) is 0 Å². The van der Waals surface area contributed by atoms with Gasteiger partial charge < -0.3 is 15.1 Å². The third-order valence-electron chi connectivity index (χ3n) is 18.9. The van der Waals surface area contributed by atoms with E-state index in [0.717, 1.165) is 66.2 Å². The first-order chi connectivity index (χ1) is 52.0. The Bertz CT molecular complexity index is 4910. The number of nitrogens with zero attached hydrogens (tertiary/aromatic N) is 7. The summed E-state index contributed by atoms with van der Waals surface area (Å²) in [6.07, 6.45) is 8.22. The molecule has 0 fully saturated rings. The van der Waals surface area contributed by atoms with Crippen LogP contribution in [0.25, 0.3) is 21.5 Å². The van der Waals surface area contributed by atoms with Crippen molar-refractivity contribution in [2.45, 2.75) is 135 Å². The largest absolute Gasteiger partial charge is 0.356 e. The van der Waals surface area contributed by atoms with Crippen LogP contribution in [0.2, 0.25) is 13.3 Å². The van der Waals surface area contributed by atoms with Gasteiger partial charge in [0.2, 0.25) is 0 Å². The minimum absolute atomic E-state index is 0.906. The van der Waals surface area contributed by atoms with E-state index >= 15 is 0 Å². The molecule has 6 heterocycles. The summed E-state index contributed by atoms with van der Waals surface area (Å²) in [4.78, 5) is 8.19. The number of unbranched alkanes of at least 4 members (excludes halogenated alkanes) is 3. The van der Waals surface area contributed by atoms with Crippen LogP contribution < -0.4 is 22.9 Å². The fourth-order valence-electron chi connectivity index (χ4n) is 12.7. The molecule has 0 saturated heterocycles. The van der Waals surface area contributed by atoms with Crippen LogP contribution >= 0.6 is 79.7 Å². The summed E-state index contributed by atoms with van der Waals surface area (Å²) in [5, 5.41) is 11.3. The van der Waals surface area contributed by atoms with Gasteiger partial charge in [-0.2, -0.15) is 17.5 Å². The minimum Gasteiger partial charge on any atom is -0.356 e. The van der Waals surface area contributed by atoms with Gasteiger partial charge in [0.1, 0.15) is 27.4 Å². The van der Waals surface area contributed by atoms with Gasteiger partial charge in [0.15, 0.2) is 0 Å². The number of fused-ring (bicyclic) bond motifs is 2. The topological polar surface area (TPSA) is 72.2 Å². The molecule has 0 aliphatic carbocycles. The molecule has 0 atom stereocenters. The molecule has 107 heavy (non-hydrogen) atoms. The van der Waals surface area contributed by atoms with Gasteiger partial charge in [0, 0.05) is 50.1 Å². The smallest absolute Gasteiger partial charge is 0.116 e. The van der Waals surface area contributed by atoms with E-state index in [-0.39, 0.29) is 0 Å². The van der Waals surface area contributed by atoms with Gasteiger partial charge in [0.05, 0.1) is 31.0 Å². The first-order valence-corrected chi connectivity index (χ1v) is 50.4. The molecule has 16 heteroatoms. The summed E-state index contributed by atoms with van der Waals surface area (Å²) >= 11 is 9.73. The van der Waals surface area contributed by atoms with Crippen molar-refractivity contribution in [3.05, 3.63) is 306 Å². The number of nitrogens with one attached hydrogen (secondary N) is 1. The maximum absolute atomic E-state index is 4.64. The Balaban J connectivity index is 0.000000144. The average Bonchev–Trinajstić information content (AvgIpc) is 1.60. The molecule has 9 aromatic carbocycles. The van der Waals surface area contributed by atoms with Crippen LogP contribution in [0.15, 0.2) is 262 Å². The van der Waals surface area contributed by atoms with E-state index in [2.05, 4.69) is 395 Å². The predicted molar refractivity (Wildman–Crippen MR) is 485 cm³/mol. The molecule has 5 aromatic heterocycles. The third kappa shape index (κ3) is 21.6. The maximum Gasteiger partial charge on any atom is 0.116 e. The van der Waals surface area contributed by atoms with Gasteiger partial charge >= 0.3 is 212 Å². The van der Waals surface area contributed by atoms with Gasteiger partial charge in [-0.15, -0.1) is 34.0 Å². The van der Waals surface area contributed by atoms with Crippen LogP contribution in [-0.4, -0.2) is 27.1 Å². The molecule has 0 bridgehead atoms. The van der Waals surface area contributed by atoms with E-state index in [4.69, 9.17) is 0 Å². The SMILES string of the molecule is CCC[CH2][Sn]([CH2]CCC)([CH2]CCC)[c]1ccc(N(c2ccc(C)cc2)c2ccc(C)cc2)s1.Cc1ccc(N(c2ccc(C)cc2)c2ccc(-c3c4c(c(C)c5nsnc35)N=S=N4)s2)cc1.Cc1ccc(N(c2ccc(C)cc2)c2cccs2)cc1.Cc1ccc(Nc2ccc(C)cc2)cc1.Ic1cccs1. The van der Waals surface area contributed by atoms with Gasteiger partial charge in [0.25, 0.3) is 0 Å². The molecule has 8 nitrogen and oxygen atoms in total. The first-order valence-electron chi connectivity index (χ1n) is 37.0. The summed E-state index contributed by atoms with van der Waals surface area (Å²) in [5.41, 5.74) is 25.4. The molecule has 1 aliphatic rings. The van der Waals surface area contributed by atoms with Crippen LogP contribution in [0.4, 0.5) is 71.9 Å². The summed E-state index contributed by atoms with van der Waals surface area (Å²) in [5.74, 6) is 0. The number of halogens is 1. The first kappa shape index (κ1) is 80.2. The Hall–Kier alpha value is -7.85. The second kappa shape index (κ2) is 39.5. The molecule has 1 aliphatic heterocycles. The number of aromatic nitrogens is 2. The fraction of sp³-hybridized carbons (Fsp3) is 0.231. The Kier molecular flexibility index (Phi) is 29.6. The Morgan fingerprint density at radius 2 is 0.720 bits per heavy atom. The number of rotatable bonds is 22. The molecule has 548 valence electrons. The molecule has 1 N–H and O–H groups in total. The molecule has 15 rings (SSSR count). The average molecular weight is 1740 g/mol. The van der Waals surface area contributed by atoms with Crippen molar-refractivity contribution in [3.63, 3.8) is 0 Å². The molecule has 0 spiro atoms. The summed E-state index contributed by atoms with van der Waals surface area (Å²) in [7, 11) is 0. The predicted octanol–water partition coefficient (Wildman–Crippen LogP) is 30.7. The molecular formula is C91H97IN8S6Sn. The van der Waals surface area contributed by atoms with Crippen molar-refractivity contribution in [3.8, 4) is 10.4 Å². The second-order valence-corrected chi connectivity index (χ2v) is 48.6. The zero-order valence-corrected chi connectivity index (χ0v) is 73.5. The quantitative estimate of drug-likeness (QED) is 0.0538. The van der Waals surface area contributed by atoms with Gasteiger partial charge in [-0.3, -0.25) is 0 Å². The van der Waals surface area contributed by atoms with Crippen LogP contribution in [0.5, 0.6) is 0 Å². The van der Waals surface area contributed by atoms with Crippen molar-refractivity contribution in [1.29, 1.82) is 0 Å². The Morgan fingerprint density at radius 3 is 1.08 bits per heavy atom. The fourth-order valence-corrected chi connectivity index (χ4v) is 37.0. The van der Waals surface area contributed by atoms with Crippen LogP contribution in [0.3, 0.4) is 0 Å². The van der Waals surface area contributed by atoms with E-state index in [9.17, 15) is 0 Å². The molecule has 0 amide bonds. The van der Waals surface area contributed by atoms with Crippen molar-refractivity contribution < 1.29 is 0 Å². The number of aryl methyl sites for hydroxylation is 9. The van der Waals surface area contributed by atoms with E-state index < -0.39 is 18.4 Å². The molecule has 0 saturated carbocycles. The van der Waals surface area contributed by atoms with Crippen molar-refractivity contribution >= 4 is 195 Å². The summed E-state index contributed by atoms with van der Waals surface area (Å²) in [6, 6.07) is 87.2. The normalized spacial score (nSPS) is 11.2. The van der Waals surface area contributed by atoms with Crippen LogP contribution in [0.1, 0.15) is 109 Å². The summed E-state index contributed by atoms with van der Waals surface area (Å²) in [6.45, 7) is 26.1. The monoisotopic (exact) mass is 1740 g/mol. The zero-order chi connectivity index (χ0) is 75.2. The summed E-state index contributed by atoms with van der Waals surface area (Å²) < 4.78 is 26.1. The Labute approximate surface area is 677 Å². The van der Waals surface area contributed by atoms with Gasteiger partial charge in [-0.1, -0.05) is 112 Å². The zero-order valence-electron chi connectivity index (χ0n) is 63.6. The van der Waals surface area contributed by atoms with E-state index in [1.807, 2.05) is 13.0 Å². The van der Waals surface area contributed by atoms with Crippen LogP contribution in [-0.2, 0) is 11.4 Å². The second-order valence-electron chi connectivity index (χ2n) is 27.5. The van der Waals surface area contributed by atoms with Crippen LogP contribution in [0, 0.1) is 65.2 Å². The minimum atomic E-state index is -2.42. The Morgan fingerprint density at radius 1 is 0.364 bits per heavy atom. The molecule has 14 aromatic rings. The van der Waals surface area contributed by atoms with Gasteiger partial charge in [-0.05, 0) is 185 Å². The number of hydrogen-bond acceptors (Lipinski definition) is 13. The number of anilines is 11. The van der Waals surface area contributed by atoms with Crippen molar-refractivity contribution in [2.75, 3.05) is 20.0 Å². The van der Waals surface area contributed by atoms with E-state index in [0.29, 0.717) is 0 Å². The third-order valence-corrected chi connectivity index (χ3v) is 43.1. The molecule has 0 radical (unpaired) electrons. The standard InChI is InChI=1S/C25H19N5S3.C18H17NS.C18H16NS.C14H15N.C4H3IS.3C4H9.Sn/c1-14-4-8-17(9-5-14)30(18-10-6-15(2)7-11-18)20-13-12-19(31-20)21-24-22(26-32-28-24)16(3)23-25(21)29-33-27-23;2*1-14-5-9-16(10-6-14)19(18-4-3-13-20-18)17-11-7-15(2)8-12-17;1-11-3-7-13(8-4-11)15-14-9-5-12(2)6-10-14;5-4-2-1-3-6-4;3*1-3-4-2;/h4-13H,1-3H3;3-13H,1-2H3;3-12H,1-2H3;3-10,15H,1-2H3;1-3H;3*1,3-4H2,2H3;.